The number of esters is 1. The number of ether oxygens (including phenoxy) is 4. The van der Waals surface area contributed by atoms with Crippen LogP contribution in [0.3, 0.4) is 0 Å². The SMILES string of the molecule is CCCCCCCCCCCC(=O)OC[C@H]1OC(O)[C@H](O)[C@@H](O)[C@@H]1O[C@@H]1O[C@H](CO)[C@H](O)[C@H](O)[C@H]1O. The van der Waals surface area contributed by atoms with E-state index in [1.54, 1.807) is 0 Å². The first-order chi connectivity index (χ1) is 17.2. The van der Waals surface area contributed by atoms with Gasteiger partial charge in [0.1, 0.15) is 55.4 Å². The molecule has 0 radical (unpaired) electrons. The third kappa shape index (κ3) is 9.12. The lowest BCUT2D eigenvalue weighted by Crippen LogP contribution is -2.64. The predicted molar refractivity (Wildman–Crippen MR) is 124 cm³/mol. The van der Waals surface area contributed by atoms with Gasteiger partial charge < -0.3 is 54.7 Å². The highest BCUT2D eigenvalue weighted by Gasteiger charge is 2.50. The molecule has 1 unspecified atom stereocenters. The number of aliphatic hydroxyl groups is 7. The number of carbonyl (C=O) groups excluding carboxylic acids is 1. The molecule has 2 saturated heterocycles. The van der Waals surface area contributed by atoms with E-state index in [4.69, 9.17) is 18.9 Å². The maximum Gasteiger partial charge on any atom is 0.305 e. The van der Waals surface area contributed by atoms with Gasteiger partial charge in [-0.1, -0.05) is 58.3 Å². The molecule has 0 spiro atoms. The molecule has 212 valence electrons. The van der Waals surface area contributed by atoms with E-state index in [1.807, 2.05) is 0 Å². The topological polar surface area (TPSA) is 196 Å². The Morgan fingerprint density at radius 1 is 0.722 bits per heavy atom. The summed E-state index contributed by atoms with van der Waals surface area (Å²) in [7, 11) is 0. The second-order valence-electron chi connectivity index (χ2n) is 9.61. The summed E-state index contributed by atoms with van der Waals surface area (Å²) in [5.41, 5.74) is 0. The molecule has 0 aromatic rings. The summed E-state index contributed by atoms with van der Waals surface area (Å²) in [6.45, 7) is 1.08. The van der Waals surface area contributed by atoms with Crippen molar-refractivity contribution in [3.8, 4) is 0 Å². The van der Waals surface area contributed by atoms with E-state index < -0.39 is 80.6 Å². The van der Waals surface area contributed by atoms with Crippen molar-refractivity contribution in [1.82, 2.24) is 0 Å². The summed E-state index contributed by atoms with van der Waals surface area (Å²) in [5.74, 6) is -0.497. The van der Waals surface area contributed by atoms with Gasteiger partial charge >= 0.3 is 5.97 Å². The number of rotatable bonds is 15. The molecular weight excluding hydrogens is 480 g/mol. The molecule has 2 fully saturated rings. The third-order valence-electron chi connectivity index (χ3n) is 6.69. The zero-order chi connectivity index (χ0) is 26.7. The zero-order valence-corrected chi connectivity index (χ0v) is 20.9. The highest BCUT2D eigenvalue weighted by Crippen LogP contribution is 2.29. The first-order valence-electron chi connectivity index (χ1n) is 13.0. The van der Waals surface area contributed by atoms with E-state index in [1.165, 1.54) is 32.1 Å². The number of carbonyl (C=O) groups is 1. The van der Waals surface area contributed by atoms with Crippen LogP contribution >= 0.6 is 0 Å². The summed E-state index contributed by atoms with van der Waals surface area (Å²) < 4.78 is 21.3. The maximum absolute atomic E-state index is 12.2. The maximum atomic E-state index is 12.2. The van der Waals surface area contributed by atoms with Crippen LogP contribution in [0.2, 0.25) is 0 Å². The fourth-order valence-electron chi connectivity index (χ4n) is 4.38. The molecule has 2 aliphatic heterocycles. The summed E-state index contributed by atoms with van der Waals surface area (Å²) in [6.07, 6.45) is -5.83. The summed E-state index contributed by atoms with van der Waals surface area (Å²) in [4.78, 5) is 12.2. The van der Waals surface area contributed by atoms with Crippen molar-refractivity contribution in [3.05, 3.63) is 0 Å². The molecule has 12 heteroatoms. The number of hydrogen-bond donors (Lipinski definition) is 7. The van der Waals surface area contributed by atoms with Crippen molar-refractivity contribution in [3.63, 3.8) is 0 Å². The van der Waals surface area contributed by atoms with Crippen molar-refractivity contribution < 1.29 is 59.5 Å². The highest BCUT2D eigenvalue weighted by molar-refractivity contribution is 5.69. The van der Waals surface area contributed by atoms with Crippen LogP contribution < -0.4 is 0 Å². The Hall–Kier alpha value is -0.930. The van der Waals surface area contributed by atoms with E-state index in [-0.39, 0.29) is 6.42 Å². The summed E-state index contributed by atoms with van der Waals surface area (Å²) in [6, 6.07) is 0. The molecule has 0 bridgehead atoms. The van der Waals surface area contributed by atoms with Crippen LogP contribution in [0.1, 0.15) is 71.1 Å². The minimum absolute atomic E-state index is 0.189. The van der Waals surface area contributed by atoms with Gasteiger partial charge in [-0.25, -0.2) is 0 Å². The lowest BCUT2D eigenvalue weighted by atomic mass is 9.97. The largest absolute Gasteiger partial charge is 0.463 e. The number of hydrogen-bond acceptors (Lipinski definition) is 12. The van der Waals surface area contributed by atoms with Crippen molar-refractivity contribution >= 4 is 5.97 Å². The van der Waals surface area contributed by atoms with E-state index >= 15 is 0 Å². The fourth-order valence-corrected chi connectivity index (χ4v) is 4.38. The summed E-state index contributed by atoms with van der Waals surface area (Å²) >= 11 is 0. The molecular formula is C24H44O12. The van der Waals surface area contributed by atoms with Crippen molar-refractivity contribution in [2.45, 2.75) is 133 Å². The van der Waals surface area contributed by atoms with Crippen LogP contribution in [-0.2, 0) is 23.7 Å². The molecule has 0 saturated carbocycles. The molecule has 0 aromatic carbocycles. The predicted octanol–water partition coefficient (Wildman–Crippen LogP) is -0.925. The van der Waals surface area contributed by atoms with E-state index in [0.29, 0.717) is 6.42 Å². The van der Waals surface area contributed by atoms with Crippen LogP contribution in [0.25, 0.3) is 0 Å². The lowest BCUT2D eigenvalue weighted by Gasteiger charge is -2.45. The molecule has 2 aliphatic rings. The minimum atomic E-state index is -1.78. The molecule has 7 N–H and O–H groups in total. The van der Waals surface area contributed by atoms with Crippen molar-refractivity contribution in [1.29, 1.82) is 0 Å². The van der Waals surface area contributed by atoms with Gasteiger partial charge in [-0.15, -0.1) is 0 Å². The molecule has 0 aromatic heterocycles. The van der Waals surface area contributed by atoms with Gasteiger partial charge in [-0.3, -0.25) is 4.79 Å². The van der Waals surface area contributed by atoms with Gasteiger partial charge in [-0.05, 0) is 6.42 Å². The summed E-state index contributed by atoms with van der Waals surface area (Å²) in [5, 5.41) is 69.8. The Bertz CT molecular complexity index is 620. The molecule has 0 aliphatic carbocycles. The van der Waals surface area contributed by atoms with Crippen molar-refractivity contribution in [2.24, 2.45) is 0 Å². The van der Waals surface area contributed by atoms with Crippen LogP contribution in [0.4, 0.5) is 0 Å². The second-order valence-corrected chi connectivity index (χ2v) is 9.61. The Balaban J connectivity index is 1.82. The van der Waals surface area contributed by atoms with Crippen molar-refractivity contribution in [2.75, 3.05) is 13.2 Å². The van der Waals surface area contributed by atoms with Crippen LogP contribution in [0, 0.1) is 0 Å². The Morgan fingerprint density at radius 3 is 1.94 bits per heavy atom. The van der Waals surface area contributed by atoms with Crippen LogP contribution in [0.5, 0.6) is 0 Å². The van der Waals surface area contributed by atoms with E-state index in [9.17, 15) is 40.5 Å². The molecule has 2 rings (SSSR count). The minimum Gasteiger partial charge on any atom is -0.463 e. The van der Waals surface area contributed by atoms with Crippen LogP contribution in [-0.4, -0.2) is 116 Å². The lowest BCUT2D eigenvalue weighted by molar-refractivity contribution is -0.355. The van der Waals surface area contributed by atoms with Gasteiger partial charge in [0.25, 0.3) is 0 Å². The molecule has 2 heterocycles. The first-order valence-corrected chi connectivity index (χ1v) is 13.0. The Kier molecular flexibility index (Phi) is 14.0. The van der Waals surface area contributed by atoms with Gasteiger partial charge in [0, 0.05) is 6.42 Å². The Labute approximate surface area is 211 Å². The van der Waals surface area contributed by atoms with Crippen LogP contribution in [0.15, 0.2) is 0 Å². The monoisotopic (exact) mass is 524 g/mol. The highest BCUT2D eigenvalue weighted by atomic mass is 16.7. The molecule has 36 heavy (non-hydrogen) atoms. The second kappa shape index (κ2) is 16.1. The number of aliphatic hydroxyl groups excluding tert-OH is 7. The van der Waals surface area contributed by atoms with E-state index in [2.05, 4.69) is 6.92 Å². The third-order valence-corrected chi connectivity index (χ3v) is 6.69. The molecule has 12 nitrogen and oxygen atoms in total. The zero-order valence-electron chi connectivity index (χ0n) is 20.9. The van der Waals surface area contributed by atoms with Gasteiger partial charge in [0.2, 0.25) is 0 Å². The van der Waals surface area contributed by atoms with Gasteiger partial charge in [-0.2, -0.15) is 0 Å². The smallest absolute Gasteiger partial charge is 0.305 e. The Morgan fingerprint density at radius 2 is 1.33 bits per heavy atom. The number of unbranched alkanes of at least 4 members (excludes halogenated alkanes) is 8. The molecule has 0 amide bonds. The first kappa shape index (κ1) is 31.3. The fraction of sp³-hybridized carbons (Fsp3) is 0.958. The van der Waals surface area contributed by atoms with Gasteiger partial charge in [0.05, 0.1) is 6.61 Å². The average molecular weight is 525 g/mol. The average Bonchev–Trinajstić information content (AvgIpc) is 2.86. The normalized spacial score (nSPS) is 37.1. The molecule has 10 atom stereocenters. The van der Waals surface area contributed by atoms with E-state index in [0.717, 1.165) is 19.3 Å². The standard InChI is InChI=1S/C24H44O12/c1-2-3-4-5-6-7-8-9-10-11-16(26)33-13-15-22(19(29)20(30)23(32)34-15)36-24-21(31)18(28)17(27)14(12-25)35-24/h14-15,17-25,27-32H,2-13H2,1H3/t14-,15-,17+,18+,19-,20-,21-,22-,23?,24+/m1/s1. The quantitative estimate of drug-likeness (QED) is 0.103. The van der Waals surface area contributed by atoms with Gasteiger partial charge in [0.15, 0.2) is 12.6 Å².